The first-order valence-electron chi connectivity index (χ1n) is 7.99. The minimum atomic E-state index is -0.307. The van der Waals surface area contributed by atoms with Gasteiger partial charge in [0.05, 0.1) is 17.5 Å². The highest BCUT2D eigenvalue weighted by atomic mass is 35.5. The number of hydrogen-bond donors (Lipinski definition) is 0. The van der Waals surface area contributed by atoms with Gasteiger partial charge in [0.2, 0.25) is 0 Å². The van der Waals surface area contributed by atoms with E-state index in [1.807, 2.05) is 0 Å². The number of halogens is 1. The second-order valence-corrected chi connectivity index (χ2v) is 7.86. The zero-order valence-electron chi connectivity index (χ0n) is 13.6. The van der Waals surface area contributed by atoms with Crippen molar-refractivity contribution in [1.82, 2.24) is 9.55 Å². The third kappa shape index (κ3) is 3.59. The molecule has 1 aliphatic heterocycles. The first-order chi connectivity index (χ1) is 11.5. The Hall–Kier alpha value is -1.53. The SMILES string of the molecule is CC(C)CCn1c(S[C@@H]2CCOC2=O)nc2cc(Cl)ccc2c1=O. The molecule has 1 saturated heterocycles. The van der Waals surface area contributed by atoms with Gasteiger partial charge in [-0.25, -0.2) is 4.98 Å². The Kier molecular flexibility index (Phi) is 5.15. The normalized spacial score (nSPS) is 17.7. The van der Waals surface area contributed by atoms with E-state index in [1.165, 1.54) is 11.8 Å². The lowest BCUT2D eigenvalue weighted by Gasteiger charge is -2.15. The molecule has 24 heavy (non-hydrogen) atoms. The second-order valence-electron chi connectivity index (χ2n) is 6.26. The highest BCUT2D eigenvalue weighted by molar-refractivity contribution is 8.00. The van der Waals surface area contributed by atoms with Crippen molar-refractivity contribution in [1.29, 1.82) is 0 Å². The molecule has 1 aliphatic rings. The van der Waals surface area contributed by atoms with Gasteiger partial charge in [-0.05, 0) is 30.5 Å². The molecule has 2 aromatic rings. The Morgan fingerprint density at radius 3 is 2.88 bits per heavy atom. The summed E-state index contributed by atoms with van der Waals surface area (Å²) in [4.78, 5) is 29.3. The molecule has 0 aliphatic carbocycles. The van der Waals surface area contributed by atoms with Crippen LogP contribution in [-0.2, 0) is 16.1 Å². The van der Waals surface area contributed by atoms with Crippen LogP contribution in [0, 0.1) is 5.92 Å². The van der Waals surface area contributed by atoms with Crippen LogP contribution in [0.1, 0.15) is 26.7 Å². The molecule has 5 nitrogen and oxygen atoms in total. The molecule has 128 valence electrons. The van der Waals surface area contributed by atoms with Gasteiger partial charge < -0.3 is 4.74 Å². The van der Waals surface area contributed by atoms with E-state index in [0.717, 1.165) is 6.42 Å². The summed E-state index contributed by atoms with van der Waals surface area (Å²) in [7, 11) is 0. The molecule has 0 unspecified atom stereocenters. The Balaban J connectivity index is 2.06. The van der Waals surface area contributed by atoms with Crippen LogP contribution < -0.4 is 5.56 Å². The van der Waals surface area contributed by atoms with Crippen LogP contribution in [0.5, 0.6) is 0 Å². The van der Waals surface area contributed by atoms with E-state index < -0.39 is 0 Å². The van der Waals surface area contributed by atoms with Gasteiger partial charge in [0.15, 0.2) is 5.16 Å². The van der Waals surface area contributed by atoms with Crippen LogP contribution in [0.4, 0.5) is 0 Å². The average molecular weight is 367 g/mol. The minimum absolute atomic E-state index is 0.0915. The first kappa shape index (κ1) is 17.3. The monoisotopic (exact) mass is 366 g/mol. The van der Waals surface area contributed by atoms with Crippen LogP contribution in [0.15, 0.2) is 28.2 Å². The lowest BCUT2D eigenvalue weighted by atomic mass is 10.1. The number of carbonyl (C=O) groups excluding carboxylic acids is 1. The highest BCUT2D eigenvalue weighted by Crippen LogP contribution is 2.29. The Labute approximate surface area is 149 Å². The fourth-order valence-electron chi connectivity index (χ4n) is 2.56. The fraction of sp³-hybridized carbons (Fsp3) is 0.471. The predicted molar refractivity (Wildman–Crippen MR) is 95.7 cm³/mol. The number of carbonyl (C=O) groups is 1. The predicted octanol–water partition coefficient (Wildman–Crippen LogP) is 3.50. The number of cyclic esters (lactones) is 1. The summed E-state index contributed by atoms with van der Waals surface area (Å²) in [5.74, 6) is 0.225. The average Bonchev–Trinajstić information content (AvgIpc) is 2.91. The molecule has 1 aromatic heterocycles. The van der Waals surface area contributed by atoms with Crippen molar-refractivity contribution in [3.63, 3.8) is 0 Å². The molecule has 3 rings (SSSR count). The van der Waals surface area contributed by atoms with Gasteiger partial charge in [-0.15, -0.1) is 0 Å². The van der Waals surface area contributed by atoms with Crippen molar-refractivity contribution in [3.05, 3.63) is 33.6 Å². The molecule has 1 atom stereocenters. The molecule has 0 amide bonds. The maximum atomic E-state index is 12.9. The van der Waals surface area contributed by atoms with E-state index in [9.17, 15) is 9.59 Å². The Bertz CT molecular complexity index is 834. The van der Waals surface area contributed by atoms with Gasteiger partial charge in [-0.2, -0.15) is 0 Å². The molecule has 0 radical (unpaired) electrons. The molecule has 7 heteroatoms. The van der Waals surface area contributed by atoms with E-state index in [4.69, 9.17) is 16.3 Å². The van der Waals surface area contributed by atoms with Crippen LogP contribution in [0.3, 0.4) is 0 Å². The van der Waals surface area contributed by atoms with Gasteiger partial charge in [0.25, 0.3) is 5.56 Å². The van der Waals surface area contributed by atoms with E-state index in [2.05, 4.69) is 18.8 Å². The number of nitrogens with zero attached hydrogens (tertiary/aromatic N) is 2. The molecule has 0 bridgehead atoms. The summed E-state index contributed by atoms with van der Waals surface area (Å²) >= 11 is 7.34. The summed E-state index contributed by atoms with van der Waals surface area (Å²) in [6.45, 7) is 5.22. The van der Waals surface area contributed by atoms with Crippen molar-refractivity contribution >= 4 is 40.2 Å². The number of hydrogen-bond acceptors (Lipinski definition) is 5. The topological polar surface area (TPSA) is 61.2 Å². The summed E-state index contributed by atoms with van der Waals surface area (Å²) < 4.78 is 6.69. The number of aromatic nitrogens is 2. The van der Waals surface area contributed by atoms with Crippen LogP contribution in [0.25, 0.3) is 10.9 Å². The molecule has 1 fully saturated rings. The molecular weight excluding hydrogens is 348 g/mol. The Morgan fingerprint density at radius 2 is 2.21 bits per heavy atom. The quantitative estimate of drug-likeness (QED) is 0.598. The van der Waals surface area contributed by atoms with Crippen LogP contribution in [-0.4, -0.2) is 27.4 Å². The zero-order valence-corrected chi connectivity index (χ0v) is 15.2. The minimum Gasteiger partial charge on any atom is -0.465 e. The number of esters is 1. The maximum Gasteiger partial charge on any atom is 0.319 e. The van der Waals surface area contributed by atoms with Gasteiger partial charge in [-0.1, -0.05) is 37.2 Å². The lowest BCUT2D eigenvalue weighted by molar-refractivity contribution is -0.137. The van der Waals surface area contributed by atoms with Crippen LogP contribution in [0.2, 0.25) is 5.02 Å². The Morgan fingerprint density at radius 1 is 1.42 bits per heavy atom. The number of rotatable bonds is 5. The number of benzene rings is 1. The molecule has 0 N–H and O–H groups in total. The molecule has 1 aromatic carbocycles. The van der Waals surface area contributed by atoms with Crippen molar-refractivity contribution in [2.24, 2.45) is 5.92 Å². The first-order valence-corrected chi connectivity index (χ1v) is 9.25. The van der Waals surface area contributed by atoms with E-state index >= 15 is 0 Å². The smallest absolute Gasteiger partial charge is 0.319 e. The van der Waals surface area contributed by atoms with Crippen molar-refractivity contribution < 1.29 is 9.53 Å². The molecule has 0 saturated carbocycles. The van der Waals surface area contributed by atoms with Crippen LogP contribution >= 0.6 is 23.4 Å². The van der Waals surface area contributed by atoms with Gasteiger partial charge in [0, 0.05) is 18.0 Å². The molecular formula is C17H19ClN2O3S. The molecule has 2 heterocycles. The highest BCUT2D eigenvalue weighted by Gasteiger charge is 2.29. The van der Waals surface area contributed by atoms with Crippen molar-refractivity contribution in [2.75, 3.05) is 6.61 Å². The van der Waals surface area contributed by atoms with Gasteiger partial charge in [-0.3, -0.25) is 14.2 Å². The van der Waals surface area contributed by atoms with E-state index in [0.29, 0.717) is 46.6 Å². The number of thioether (sulfide) groups is 1. The van der Waals surface area contributed by atoms with Gasteiger partial charge >= 0.3 is 5.97 Å². The number of fused-ring (bicyclic) bond motifs is 1. The number of ether oxygens (including phenoxy) is 1. The summed E-state index contributed by atoms with van der Waals surface area (Å²) in [6, 6.07) is 5.08. The zero-order chi connectivity index (χ0) is 17.3. The fourth-order valence-corrected chi connectivity index (χ4v) is 3.81. The van der Waals surface area contributed by atoms with Gasteiger partial charge in [0.1, 0.15) is 5.25 Å². The third-order valence-corrected chi connectivity index (χ3v) is 5.42. The second kappa shape index (κ2) is 7.15. The maximum absolute atomic E-state index is 12.9. The largest absolute Gasteiger partial charge is 0.465 e. The van der Waals surface area contributed by atoms with E-state index in [1.54, 1.807) is 22.8 Å². The summed E-state index contributed by atoms with van der Waals surface area (Å²) in [5.41, 5.74) is 0.466. The van der Waals surface area contributed by atoms with Crippen molar-refractivity contribution in [3.8, 4) is 0 Å². The van der Waals surface area contributed by atoms with Crippen molar-refractivity contribution in [2.45, 2.75) is 43.6 Å². The summed E-state index contributed by atoms with van der Waals surface area (Å²) in [6.07, 6.45) is 1.50. The molecule has 0 spiro atoms. The summed E-state index contributed by atoms with van der Waals surface area (Å²) in [5, 5.41) is 1.32. The lowest BCUT2D eigenvalue weighted by Crippen LogP contribution is -2.25. The standard InChI is InChI=1S/C17H19ClN2O3S/c1-10(2)5-7-20-15(21)12-4-3-11(18)9-13(12)19-17(20)24-14-6-8-23-16(14)22/h3-4,9-10,14H,5-8H2,1-2H3/t14-/m1/s1. The van der Waals surface area contributed by atoms with E-state index in [-0.39, 0.29) is 16.8 Å². The third-order valence-electron chi connectivity index (χ3n) is 3.95.